The Kier molecular flexibility index (Phi) is 7.03. The molecule has 6 nitrogen and oxygen atoms in total. The highest BCUT2D eigenvalue weighted by Crippen LogP contribution is 2.27. The lowest BCUT2D eigenvalue weighted by atomic mass is 9.79. The number of rotatable bonds is 9. The van der Waals surface area contributed by atoms with Crippen molar-refractivity contribution < 1.29 is 19.1 Å². The van der Waals surface area contributed by atoms with E-state index in [1.807, 2.05) is 19.1 Å². The molecule has 2 rings (SSSR count). The summed E-state index contributed by atoms with van der Waals surface area (Å²) < 4.78 is 5.34. The van der Waals surface area contributed by atoms with Gasteiger partial charge in [0.25, 0.3) is 0 Å². The lowest BCUT2D eigenvalue weighted by Gasteiger charge is -2.23. The quantitative estimate of drug-likeness (QED) is 0.412. The second-order valence-electron chi connectivity index (χ2n) is 7.38. The number of nitrogens with zero attached hydrogens (tertiary/aromatic N) is 1. The zero-order chi connectivity index (χ0) is 19.2. The van der Waals surface area contributed by atoms with Gasteiger partial charge in [-0.15, -0.1) is 0 Å². The highest BCUT2D eigenvalue weighted by Gasteiger charge is 2.44. The van der Waals surface area contributed by atoms with Crippen LogP contribution in [0.2, 0.25) is 0 Å². The fourth-order valence-electron chi connectivity index (χ4n) is 2.98. The number of ketones is 2. The van der Waals surface area contributed by atoms with E-state index in [0.717, 1.165) is 12.0 Å². The maximum atomic E-state index is 12.6. The molecule has 1 saturated heterocycles. The largest absolute Gasteiger partial charge is 0.464 e. The van der Waals surface area contributed by atoms with Gasteiger partial charge in [0.05, 0.1) is 12.5 Å². The Morgan fingerprint density at radius 1 is 1.27 bits per heavy atom. The van der Waals surface area contributed by atoms with E-state index in [1.54, 1.807) is 26.2 Å². The molecule has 26 heavy (non-hydrogen) atoms. The van der Waals surface area contributed by atoms with E-state index in [1.165, 1.54) is 0 Å². The predicted molar refractivity (Wildman–Crippen MR) is 97.5 cm³/mol. The fourth-order valence-corrected chi connectivity index (χ4v) is 2.98. The van der Waals surface area contributed by atoms with E-state index in [0.29, 0.717) is 25.8 Å². The Labute approximate surface area is 154 Å². The second kappa shape index (κ2) is 9.03. The Morgan fingerprint density at radius 2 is 1.96 bits per heavy atom. The van der Waals surface area contributed by atoms with Crippen LogP contribution in [0.3, 0.4) is 0 Å². The monoisotopic (exact) mass is 360 g/mol. The van der Waals surface area contributed by atoms with E-state index in [9.17, 15) is 14.4 Å². The molecule has 1 fully saturated rings. The number of esters is 1. The summed E-state index contributed by atoms with van der Waals surface area (Å²) >= 11 is 0. The number of carbonyl (C=O) groups is 3. The minimum absolute atomic E-state index is 0.286. The standard InChI is InChI=1S/C20H28N2O4/c1-4-20(2,3)18(24)17(23)15-9-12-22-16(15)19(25)26-13-5-6-14-7-10-21-11-8-14/h7-8,10-11,15-16,22H,4-6,9,12-13H2,1-3H3/t15?,16-/m0/s1. The summed E-state index contributed by atoms with van der Waals surface area (Å²) in [5.41, 5.74) is 0.439. The Hall–Kier alpha value is -2.08. The average molecular weight is 360 g/mol. The molecular formula is C20H28N2O4. The summed E-state index contributed by atoms with van der Waals surface area (Å²) in [6, 6.07) is 3.13. The molecule has 1 aromatic rings. The van der Waals surface area contributed by atoms with Crippen LogP contribution in [0.25, 0.3) is 0 Å². The summed E-state index contributed by atoms with van der Waals surface area (Å²) in [6.07, 6.45) is 6.02. The van der Waals surface area contributed by atoms with Crippen LogP contribution in [0.1, 0.15) is 45.6 Å². The highest BCUT2D eigenvalue weighted by molar-refractivity contribution is 6.40. The highest BCUT2D eigenvalue weighted by atomic mass is 16.5. The minimum Gasteiger partial charge on any atom is -0.464 e. The van der Waals surface area contributed by atoms with Gasteiger partial charge in [-0.05, 0) is 49.9 Å². The fraction of sp³-hybridized carbons (Fsp3) is 0.600. The third kappa shape index (κ3) is 4.97. The molecule has 2 heterocycles. The zero-order valence-electron chi connectivity index (χ0n) is 15.8. The number of pyridine rings is 1. The van der Waals surface area contributed by atoms with Crippen molar-refractivity contribution in [1.82, 2.24) is 10.3 Å². The minimum atomic E-state index is -0.722. The molecule has 0 bridgehead atoms. The van der Waals surface area contributed by atoms with Crippen molar-refractivity contribution in [2.45, 2.75) is 52.5 Å². The average Bonchev–Trinajstić information content (AvgIpc) is 3.14. The summed E-state index contributed by atoms with van der Waals surface area (Å²) in [5.74, 6) is -1.93. The molecule has 0 aliphatic carbocycles. The van der Waals surface area contributed by atoms with Crippen molar-refractivity contribution in [2.24, 2.45) is 11.3 Å². The van der Waals surface area contributed by atoms with Crippen molar-refractivity contribution in [3.05, 3.63) is 30.1 Å². The van der Waals surface area contributed by atoms with Crippen LogP contribution in [0.15, 0.2) is 24.5 Å². The van der Waals surface area contributed by atoms with Gasteiger partial charge in [0.1, 0.15) is 6.04 Å². The topological polar surface area (TPSA) is 85.4 Å². The third-order valence-electron chi connectivity index (χ3n) is 5.14. The molecule has 1 N–H and O–H groups in total. The van der Waals surface area contributed by atoms with Crippen molar-refractivity contribution in [1.29, 1.82) is 0 Å². The van der Waals surface area contributed by atoms with Crippen LogP contribution in [0.4, 0.5) is 0 Å². The van der Waals surface area contributed by atoms with Crippen LogP contribution in [0, 0.1) is 11.3 Å². The zero-order valence-corrected chi connectivity index (χ0v) is 15.8. The SMILES string of the molecule is CCC(C)(C)C(=O)C(=O)C1CCN[C@@H]1C(=O)OCCCc1ccncc1. The Balaban J connectivity index is 1.85. The molecule has 6 heteroatoms. The Bertz CT molecular complexity index is 642. The van der Waals surface area contributed by atoms with Gasteiger partial charge in [0, 0.05) is 17.8 Å². The van der Waals surface area contributed by atoms with Crippen molar-refractivity contribution in [2.75, 3.05) is 13.2 Å². The van der Waals surface area contributed by atoms with Crippen molar-refractivity contribution >= 4 is 17.5 Å². The number of Topliss-reactive ketones (excluding diaryl/α,β-unsaturated/α-hetero) is 2. The smallest absolute Gasteiger partial charge is 0.323 e. The first-order chi connectivity index (χ1) is 12.4. The van der Waals surface area contributed by atoms with Gasteiger partial charge in [0.15, 0.2) is 0 Å². The third-order valence-corrected chi connectivity index (χ3v) is 5.14. The van der Waals surface area contributed by atoms with Gasteiger partial charge in [-0.1, -0.05) is 20.8 Å². The van der Waals surface area contributed by atoms with Gasteiger partial charge in [-0.25, -0.2) is 0 Å². The first kappa shape index (κ1) is 20.2. The van der Waals surface area contributed by atoms with Crippen LogP contribution in [-0.2, 0) is 25.5 Å². The molecule has 2 atom stereocenters. The molecule has 1 unspecified atom stereocenters. The number of aryl methyl sites for hydroxylation is 1. The second-order valence-corrected chi connectivity index (χ2v) is 7.38. The summed E-state index contributed by atoms with van der Waals surface area (Å²) in [5, 5.41) is 3.01. The van der Waals surface area contributed by atoms with Gasteiger partial charge >= 0.3 is 5.97 Å². The van der Waals surface area contributed by atoms with E-state index in [4.69, 9.17) is 4.74 Å². The first-order valence-corrected chi connectivity index (χ1v) is 9.24. The molecule has 0 aromatic carbocycles. The van der Waals surface area contributed by atoms with Gasteiger partial charge in [0.2, 0.25) is 11.6 Å². The maximum absolute atomic E-state index is 12.6. The van der Waals surface area contributed by atoms with Gasteiger partial charge in [-0.2, -0.15) is 0 Å². The molecule has 0 spiro atoms. The van der Waals surface area contributed by atoms with Gasteiger partial charge in [-0.3, -0.25) is 19.4 Å². The van der Waals surface area contributed by atoms with Crippen LogP contribution < -0.4 is 5.32 Å². The molecular weight excluding hydrogens is 332 g/mol. The number of hydrogen-bond donors (Lipinski definition) is 1. The predicted octanol–water partition coefficient (Wildman–Crippen LogP) is 2.11. The molecule has 1 aliphatic rings. The number of nitrogens with one attached hydrogen (secondary N) is 1. The van der Waals surface area contributed by atoms with Crippen molar-refractivity contribution in [3.8, 4) is 0 Å². The molecule has 0 radical (unpaired) electrons. The summed E-state index contributed by atoms with van der Waals surface area (Å²) in [4.78, 5) is 41.3. The molecule has 0 saturated carbocycles. The van der Waals surface area contributed by atoms with E-state index in [-0.39, 0.29) is 6.61 Å². The molecule has 1 aromatic heterocycles. The Morgan fingerprint density at radius 3 is 2.62 bits per heavy atom. The van der Waals surface area contributed by atoms with Crippen LogP contribution in [-0.4, -0.2) is 41.7 Å². The summed E-state index contributed by atoms with van der Waals surface area (Å²) in [7, 11) is 0. The number of hydrogen-bond acceptors (Lipinski definition) is 6. The number of ether oxygens (including phenoxy) is 1. The molecule has 142 valence electrons. The van der Waals surface area contributed by atoms with Crippen molar-refractivity contribution in [3.63, 3.8) is 0 Å². The first-order valence-electron chi connectivity index (χ1n) is 9.24. The lowest BCUT2D eigenvalue weighted by molar-refractivity contribution is -0.151. The lowest BCUT2D eigenvalue weighted by Crippen LogP contribution is -2.44. The molecule has 0 amide bonds. The van der Waals surface area contributed by atoms with Crippen LogP contribution >= 0.6 is 0 Å². The maximum Gasteiger partial charge on any atom is 0.323 e. The normalized spacial score (nSPS) is 20.0. The summed E-state index contributed by atoms with van der Waals surface area (Å²) in [6.45, 7) is 6.23. The van der Waals surface area contributed by atoms with Crippen LogP contribution in [0.5, 0.6) is 0 Å². The number of carbonyl (C=O) groups excluding carboxylic acids is 3. The van der Waals surface area contributed by atoms with E-state index < -0.39 is 34.9 Å². The van der Waals surface area contributed by atoms with Gasteiger partial charge < -0.3 is 10.1 Å². The number of aromatic nitrogens is 1. The van der Waals surface area contributed by atoms with E-state index >= 15 is 0 Å². The van der Waals surface area contributed by atoms with E-state index in [2.05, 4.69) is 10.3 Å². The molecule has 1 aliphatic heterocycles.